The van der Waals surface area contributed by atoms with Gasteiger partial charge >= 0.3 is 0 Å². The Hall–Kier alpha value is -1.20. The van der Waals surface area contributed by atoms with Crippen molar-refractivity contribution in [3.63, 3.8) is 0 Å². The van der Waals surface area contributed by atoms with E-state index in [1.54, 1.807) is 0 Å². The summed E-state index contributed by atoms with van der Waals surface area (Å²) in [5, 5.41) is 0. The Morgan fingerprint density at radius 2 is 1.29 bits per heavy atom. The normalized spacial score (nSPS) is 11.1. The molecule has 0 heterocycles. The average Bonchev–Trinajstić information content (AvgIpc) is 2.11. The van der Waals surface area contributed by atoms with Crippen LogP contribution in [0.2, 0.25) is 0 Å². The lowest BCUT2D eigenvalue weighted by molar-refractivity contribution is 0.138. The lowest BCUT2D eigenvalue weighted by Gasteiger charge is -2.08. The minimum absolute atomic E-state index is 0.749. The molecular weight excluding hydrogens is 210 g/mol. The highest BCUT2D eigenvalue weighted by Gasteiger charge is 2.28. The molecule has 0 aliphatic rings. The molecule has 1 rings (SSSR count). The van der Waals surface area contributed by atoms with E-state index in [0.29, 0.717) is 0 Å². The summed E-state index contributed by atoms with van der Waals surface area (Å²) in [5.41, 5.74) is -2.69. The quantitative estimate of drug-likeness (QED) is 0.381. The standard InChI is InChI=1S/C8H4F6/c1-2-4(9)3(8(13)14)6(11)7(12)5(2)10/h8H,1H3. The minimum atomic E-state index is -3.52. The molecule has 0 nitrogen and oxygen atoms in total. The van der Waals surface area contributed by atoms with Gasteiger partial charge in [0.15, 0.2) is 17.5 Å². The van der Waals surface area contributed by atoms with Gasteiger partial charge < -0.3 is 0 Å². The van der Waals surface area contributed by atoms with Gasteiger partial charge in [-0.2, -0.15) is 0 Å². The highest BCUT2D eigenvalue weighted by Crippen LogP contribution is 2.30. The van der Waals surface area contributed by atoms with Crippen molar-refractivity contribution >= 4 is 0 Å². The molecule has 14 heavy (non-hydrogen) atoms. The van der Waals surface area contributed by atoms with Gasteiger partial charge in [-0.15, -0.1) is 0 Å². The summed E-state index contributed by atoms with van der Waals surface area (Å²) >= 11 is 0. The van der Waals surface area contributed by atoms with Crippen molar-refractivity contribution in [2.75, 3.05) is 0 Å². The number of halogens is 6. The maximum absolute atomic E-state index is 12.8. The molecule has 1 aromatic carbocycles. The van der Waals surface area contributed by atoms with E-state index in [2.05, 4.69) is 0 Å². The summed E-state index contributed by atoms with van der Waals surface area (Å²) in [6, 6.07) is 0. The summed E-state index contributed by atoms with van der Waals surface area (Å²) in [5.74, 6) is -7.81. The number of hydrogen-bond donors (Lipinski definition) is 0. The van der Waals surface area contributed by atoms with E-state index in [4.69, 9.17) is 0 Å². The molecule has 0 amide bonds. The fourth-order valence-electron chi connectivity index (χ4n) is 0.966. The van der Waals surface area contributed by atoms with Gasteiger partial charge in [-0.3, -0.25) is 0 Å². The topological polar surface area (TPSA) is 0 Å². The molecule has 0 radical (unpaired) electrons. The van der Waals surface area contributed by atoms with E-state index in [1.807, 2.05) is 0 Å². The Balaban J connectivity index is 3.60. The Kier molecular flexibility index (Phi) is 2.73. The highest BCUT2D eigenvalue weighted by atomic mass is 19.3. The SMILES string of the molecule is Cc1c(F)c(F)c(F)c(C(F)F)c1F. The highest BCUT2D eigenvalue weighted by molar-refractivity contribution is 5.30. The second kappa shape index (κ2) is 3.51. The summed E-state index contributed by atoms with van der Waals surface area (Å²) in [7, 11) is 0. The minimum Gasteiger partial charge on any atom is -0.206 e. The van der Waals surface area contributed by atoms with E-state index in [-0.39, 0.29) is 0 Å². The molecule has 6 heteroatoms. The average molecular weight is 214 g/mol. The fourth-order valence-corrected chi connectivity index (χ4v) is 0.966. The van der Waals surface area contributed by atoms with Gasteiger partial charge in [-0.25, -0.2) is 26.3 Å². The van der Waals surface area contributed by atoms with Crippen molar-refractivity contribution < 1.29 is 26.3 Å². The maximum atomic E-state index is 12.8. The monoisotopic (exact) mass is 214 g/mol. The number of rotatable bonds is 1. The van der Waals surface area contributed by atoms with Crippen molar-refractivity contribution in [2.45, 2.75) is 13.3 Å². The summed E-state index contributed by atoms with van der Waals surface area (Å²) in [6.07, 6.45) is -3.52. The molecule has 0 spiro atoms. The number of alkyl halides is 2. The third-order valence-electron chi connectivity index (χ3n) is 1.74. The van der Waals surface area contributed by atoms with Gasteiger partial charge in [0, 0.05) is 5.56 Å². The van der Waals surface area contributed by atoms with Crippen LogP contribution in [-0.2, 0) is 0 Å². The molecule has 1 aromatic rings. The van der Waals surface area contributed by atoms with Crippen molar-refractivity contribution in [2.24, 2.45) is 0 Å². The van der Waals surface area contributed by atoms with E-state index < -0.39 is 40.8 Å². The van der Waals surface area contributed by atoms with Gasteiger partial charge in [0.25, 0.3) is 6.43 Å². The first-order valence-electron chi connectivity index (χ1n) is 3.48. The molecule has 0 aliphatic carbocycles. The van der Waals surface area contributed by atoms with Crippen molar-refractivity contribution in [3.05, 3.63) is 34.4 Å². The Morgan fingerprint density at radius 1 is 0.786 bits per heavy atom. The van der Waals surface area contributed by atoms with Gasteiger partial charge in [0.05, 0.1) is 5.56 Å². The van der Waals surface area contributed by atoms with E-state index >= 15 is 0 Å². The predicted molar refractivity (Wildman–Crippen MR) is 36.0 cm³/mol. The third kappa shape index (κ3) is 1.44. The zero-order valence-electron chi connectivity index (χ0n) is 6.85. The Labute approximate surface area is 75.2 Å². The first kappa shape index (κ1) is 10.9. The molecule has 0 N–H and O–H groups in total. The second-order valence-electron chi connectivity index (χ2n) is 2.60. The van der Waals surface area contributed by atoms with Crippen LogP contribution in [0, 0.1) is 30.2 Å². The largest absolute Gasteiger partial charge is 0.269 e. The lowest BCUT2D eigenvalue weighted by atomic mass is 10.1. The molecule has 0 unspecified atom stereocenters. The van der Waals surface area contributed by atoms with Gasteiger partial charge in [-0.1, -0.05) is 0 Å². The third-order valence-corrected chi connectivity index (χ3v) is 1.74. The zero-order chi connectivity index (χ0) is 11.0. The number of benzene rings is 1. The van der Waals surface area contributed by atoms with Crippen LogP contribution >= 0.6 is 0 Å². The predicted octanol–water partition coefficient (Wildman–Crippen LogP) is 3.49. The zero-order valence-corrected chi connectivity index (χ0v) is 6.85. The van der Waals surface area contributed by atoms with E-state index in [1.165, 1.54) is 0 Å². The first-order chi connectivity index (χ1) is 6.37. The van der Waals surface area contributed by atoms with Crippen molar-refractivity contribution in [1.82, 2.24) is 0 Å². The van der Waals surface area contributed by atoms with Crippen LogP contribution in [0.15, 0.2) is 0 Å². The van der Waals surface area contributed by atoms with Crippen LogP contribution < -0.4 is 0 Å². The van der Waals surface area contributed by atoms with Crippen LogP contribution in [0.25, 0.3) is 0 Å². The molecule has 0 aliphatic heterocycles. The van der Waals surface area contributed by atoms with Crippen molar-refractivity contribution in [3.8, 4) is 0 Å². The van der Waals surface area contributed by atoms with Crippen LogP contribution in [0.1, 0.15) is 17.6 Å². The maximum Gasteiger partial charge on any atom is 0.269 e. The molecule has 0 atom stereocenters. The fraction of sp³-hybridized carbons (Fsp3) is 0.250. The molecule has 0 saturated heterocycles. The molecular formula is C8H4F6. The van der Waals surface area contributed by atoms with Gasteiger partial charge in [0.2, 0.25) is 0 Å². The Bertz CT molecular complexity index is 342. The van der Waals surface area contributed by atoms with Gasteiger partial charge in [-0.05, 0) is 6.92 Å². The lowest BCUT2D eigenvalue weighted by Crippen LogP contribution is -2.06. The van der Waals surface area contributed by atoms with E-state index in [0.717, 1.165) is 6.92 Å². The molecule has 78 valence electrons. The molecule has 0 fully saturated rings. The smallest absolute Gasteiger partial charge is 0.206 e. The summed E-state index contributed by atoms with van der Waals surface area (Å²) in [4.78, 5) is 0. The van der Waals surface area contributed by atoms with Crippen LogP contribution in [0.4, 0.5) is 26.3 Å². The van der Waals surface area contributed by atoms with Crippen LogP contribution in [-0.4, -0.2) is 0 Å². The Morgan fingerprint density at radius 3 is 1.71 bits per heavy atom. The van der Waals surface area contributed by atoms with E-state index in [9.17, 15) is 26.3 Å². The molecule has 0 saturated carbocycles. The molecule has 0 aromatic heterocycles. The van der Waals surface area contributed by atoms with Crippen molar-refractivity contribution in [1.29, 1.82) is 0 Å². The second-order valence-corrected chi connectivity index (χ2v) is 2.60. The van der Waals surface area contributed by atoms with Crippen LogP contribution in [0.3, 0.4) is 0 Å². The summed E-state index contributed by atoms with van der Waals surface area (Å²) in [6.45, 7) is 0.749. The number of hydrogen-bond acceptors (Lipinski definition) is 0. The first-order valence-corrected chi connectivity index (χ1v) is 3.48. The van der Waals surface area contributed by atoms with Gasteiger partial charge in [0.1, 0.15) is 5.82 Å². The van der Waals surface area contributed by atoms with Crippen LogP contribution in [0.5, 0.6) is 0 Å². The molecule has 0 bridgehead atoms. The summed E-state index contributed by atoms with van der Waals surface area (Å²) < 4.78 is 74.6.